The molecular weight excluding hydrogens is 479 g/mol. The lowest BCUT2D eigenvalue weighted by atomic mass is 10.1. The Morgan fingerprint density at radius 3 is 2.47 bits per heavy atom. The first kappa shape index (κ1) is 23.4. The second-order valence-corrected chi connectivity index (χ2v) is 8.08. The minimum atomic E-state index is -0.873. The summed E-state index contributed by atoms with van der Waals surface area (Å²) in [5.41, 5.74) is 1.33. The first-order chi connectivity index (χ1) is 16.4. The third kappa shape index (κ3) is 4.90. The Balaban J connectivity index is 1.60. The van der Waals surface area contributed by atoms with Crippen LogP contribution in [0.4, 0.5) is 10.5 Å². The molecule has 0 aliphatic carbocycles. The van der Waals surface area contributed by atoms with Gasteiger partial charge in [0.05, 0.1) is 17.8 Å². The van der Waals surface area contributed by atoms with Crippen molar-refractivity contribution in [1.29, 1.82) is 0 Å². The molecule has 4 rings (SSSR count). The van der Waals surface area contributed by atoms with E-state index in [1.807, 2.05) is 12.1 Å². The maximum atomic E-state index is 13.1. The summed E-state index contributed by atoms with van der Waals surface area (Å²) >= 11 is 12.2. The number of amides is 4. The summed E-state index contributed by atoms with van der Waals surface area (Å²) in [6, 6.07) is 17.7. The minimum Gasteiger partial charge on any atom is -0.493 e. The van der Waals surface area contributed by atoms with Crippen LogP contribution in [0.2, 0.25) is 10.0 Å². The number of carbonyl (C=O) groups is 3. The average molecular weight is 497 g/mol. The molecule has 9 heteroatoms. The Labute approximate surface area is 205 Å². The molecule has 1 heterocycles. The van der Waals surface area contributed by atoms with Gasteiger partial charge in [-0.25, -0.2) is 9.69 Å². The van der Waals surface area contributed by atoms with Crippen LogP contribution >= 0.6 is 23.2 Å². The zero-order valence-electron chi connectivity index (χ0n) is 17.9. The van der Waals surface area contributed by atoms with E-state index in [9.17, 15) is 14.4 Å². The quantitative estimate of drug-likeness (QED) is 0.372. The molecule has 4 amide bonds. The zero-order valence-corrected chi connectivity index (χ0v) is 19.4. The van der Waals surface area contributed by atoms with E-state index >= 15 is 0 Å². The van der Waals surface area contributed by atoms with Crippen LogP contribution in [0.15, 0.2) is 72.3 Å². The Morgan fingerprint density at radius 1 is 0.941 bits per heavy atom. The number of urea groups is 1. The van der Waals surface area contributed by atoms with Crippen molar-refractivity contribution in [1.82, 2.24) is 5.32 Å². The number of nitrogens with zero attached hydrogens (tertiary/aromatic N) is 1. The van der Waals surface area contributed by atoms with Gasteiger partial charge in [-0.3, -0.25) is 14.9 Å². The van der Waals surface area contributed by atoms with Crippen molar-refractivity contribution in [3.8, 4) is 11.5 Å². The van der Waals surface area contributed by atoms with Crippen LogP contribution in [-0.4, -0.2) is 25.0 Å². The molecule has 172 valence electrons. The molecule has 1 aliphatic rings. The van der Waals surface area contributed by atoms with Crippen molar-refractivity contribution in [2.45, 2.75) is 6.61 Å². The molecule has 1 N–H and O–H groups in total. The summed E-state index contributed by atoms with van der Waals surface area (Å²) in [6.07, 6.45) is 1.37. The molecule has 34 heavy (non-hydrogen) atoms. The van der Waals surface area contributed by atoms with Crippen molar-refractivity contribution in [3.63, 3.8) is 0 Å². The van der Waals surface area contributed by atoms with Crippen LogP contribution in [-0.2, 0) is 16.2 Å². The fourth-order valence-corrected chi connectivity index (χ4v) is 3.79. The average Bonchev–Trinajstić information content (AvgIpc) is 2.82. The molecule has 1 saturated heterocycles. The van der Waals surface area contributed by atoms with Gasteiger partial charge >= 0.3 is 6.03 Å². The summed E-state index contributed by atoms with van der Waals surface area (Å²) in [7, 11) is 1.48. The van der Waals surface area contributed by atoms with Gasteiger partial charge in [-0.1, -0.05) is 53.5 Å². The van der Waals surface area contributed by atoms with Crippen molar-refractivity contribution in [2.24, 2.45) is 0 Å². The third-order valence-electron chi connectivity index (χ3n) is 4.98. The minimum absolute atomic E-state index is 0.174. The van der Waals surface area contributed by atoms with Crippen molar-refractivity contribution >= 4 is 52.8 Å². The third-order valence-corrected chi connectivity index (χ3v) is 5.53. The van der Waals surface area contributed by atoms with Crippen LogP contribution in [0.25, 0.3) is 6.08 Å². The molecule has 3 aromatic carbocycles. The van der Waals surface area contributed by atoms with E-state index in [0.717, 1.165) is 10.5 Å². The van der Waals surface area contributed by atoms with Crippen LogP contribution in [0.5, 0.6) is 11.5 Å². The number of anilines is 1. The van der Waals surface area contributed by atoms with Gasteiger partial charge in [0.25, 0.3) is 11.8 Å². The number of hydrogen-bond acceptors (Lipinski definition) is 5. The summed E-state index contributed by atoms with van der Waals surface area (Å²) < 4.78 is 11.3. The maximum Gasteiger partial charge on any atom is 0.335 e. The number of ether oxygens (including phenoxy) is 2. The zero-order chi connectivity index (χ0) is 24.2. The van der Waals surface area contributed by atoms with E-state index in [4.69, 9.17) is 32.7 Å². The molecule has 7 nitrogen and oxygen atoms in total. The number of para-hydroxylation sites is 1. The Morgan fingerprint density at radius 2 is 1.74 bits per heavy atom. The Kier molecular flexibility index (Phi) is 6.86. The fraction of sp³-hybridized carbons (Fsp3) is 0.0800. The molecule has 1 aliphatic heterocycles. The van der Waals surface area contributed by atoms with Gasteiger partial charge in [-0.05, 0) is 53.6 Å². The van der Waals surface area contributed by atoms with Gasteiger partial charge in [0, 0.05) is 5.02 Å². The summed E-state index contributed by atoms with van der Waals surface area (Å²) in [4.78, 5) is 38.7. The van der Waals surface area contributed by atoms with Gasteiger partial charge in [-0.2, -0.15) is 0 Å². The Bertz CT molecular complexity index is 1320. The van der Waals surface area contributed by atoms with E-state index < -0.39 is 17.8 Å². The predicted octanol–water partition coefficient (Wildman–Crippen LogP) is 5.25. The number of barbiturate groups is 1. The van der Waals surface area contributed by atoms with Gasteiger partial charge in [-0.15, -0.1) is 0 Å². The van der Waals surface area contributed by atoms with E-state index in [0.29, 0.717) is 22.1 Å². The standard InChI is InChI=1S/C25H18Cl2N2O5/c1-33-22-13-15(9-10-21(22)34-14-16-5-4-6-17(26)11-16)12-18-23(30)28-25(32)29(24(18)31)20-8-3-2-7-19(20)27/h2-13H,14H2,1H3,(H,28,30,32)/b18-12+. The molecule has 0 atom stereocenters. The van der Waals surface area contributed by atoms with Crippen LogP contribution in [0.3, 0.4) is 0 Å². The molecular formula is C25H18Cl2N2O5. The molecule has 0 aromatic heterocycles. The lowest BCUT2D eigenvalue weighted by Gasteiger charge is -2.27. The lowest BCUT2D eigenvalue weighted by Crippen LogP contribution is -2.54. The highest BCUT2D eigenvalue weighted by molar-refractivity contribution is 6.42. The molecule has 0 unspecified atom stereocenters. The smallest absolute Gasteiger partial charge is 0.335 e. The summed E-state index contributed by atoms with van der Waals surface area (Å²) in [5, 5.41) is 2.98. The first-order valence-electron chi connectivity index (χ1n) is 10.1. The van der Waals surface area contributed by atoms with Crippen LogP contribution < -0.4 is 19.7 Å². The maximum absolute atomic E-state index is 13.1. The van der Waals surface area contributed by atoms with Crippen molar-refractivity contribution < 1.29 is 23.9 Å². The normalized spacial score (nSPS) is 14.9. The fourth-order valence-electron chi connectivity index (χ4n) is 3.36. The largest absolute Gasteiger partial charge is 0.493 e. The molecule has 0 saturated carbocycles. The van der Waals surface area contributed by atoms with Gasteiger partial charge in [0.2, 0.25) is 0 Å². The van der Waals surface area contributed by atoms with Crippen molar-refractivity contribution in [3.05, 3.63) is 93.5 Å². The van der Waals surface area contributed by atoms with Gasteiger partial charge in [0.1, 0.15) is 12.2 Å². The van der Waals surface area contributed by atoms with Crippen molar-refractivity contribution in [2.75, 3.05) is 12.0 Å². The molecule has 0 spiro atoms. The van der Waals surface area contributed by atoms with Crippen LogP contribution in [0.1, 0.15) is 11.1 Å². The van der Waals surface area contributed by atoms with E-state index in [1.165, 1.54) is 19.3 Å². The molecule has 0 radical (unpaired) electrons. The number of halogens is 2. The van der Waals surface area contributed by atoms with Gasteiger partial charge < -0.3 is 9.47 Å². The highest BCUT2D eigenvalue weighted by Crippen LogP contribution is 2.32. The number of rotatable bonds is 6. The highest BCUT2D eigenvalue weighted by atomic mass is 35.5. The monoisotopic (exact) mass is 496 g/mol. The number of benzene rings is 3. The van der Waals surface area contributed by atoms with E-state index in [-0.39, 0.29) is 22.9 Å². The molecule has 3 aromatic rings. The number of carbonyl (C=O) groups excluding carboxylic acids is 3. The number of nitrogens with one attached hydrogen (secondary N) is 1. The SMILES string of the molecule is COc1cc(/C=C2\C(=O)NC(=O)N(c3ccccc3Cl)C2=O)ccc1OCc1cccc(Cl)c1. The van der Waals surface area contributed by atoms with E-state index in [1.54, 1.807) is 48.5 Å². The summed E-state index contributed by atoms with van der Waals surface area (Å²) in [6.45, 7) is 0.271. The Hall–Kier alpha value is -3.81. The molecule has 1 fully saturated rings. The topological polar surface area (TPSA) is 84.9 Å². The number of hydrogen-bond donors (Lipinski definition) is 1. The second kappa shape index (κ2) is 9.99. The van der Waals surface area contributed by atoms with E-state index in [2.05, 4.69) is 5.32 Å². The number of methoxy groups -OCH3 is 1. The lowest BCUT2D eigenvalue weighted by molar-refractivity contribution is -0.122. The molecule has 0 bridgehead atoms. The number of imide groups is 2. The summed E-state index contributed by atoms with van der Waals surface area (Å²) in [5.74, 6) is -0.725. The van der Waals surface area contributed by atoms with Crippen LogP contribution in [0, 0.1) is 0 Å². The first-order valence-corrected chi connectivity index (χ1v) is 10.8. The second-order valence-electron chi connectivity index (χ2n) is 7.24. The predicted molar refractivity (Wildman–Crippen MR) is 129 cm³/mol. The highest BCUT2D eigenvalue weighted by Gasteiger charge is 2.37. The van der Waals surface area contributed by atoms with Gasteiger partial charge in [0.15, 0.2) is 11.5 Å².